The SMILES string of the molecule is CN(Cc1ccccc1)C(=O)N[C@@H]1C(=O)C=C[C@H]1NC(=O)c1ccc([Si](C)(C)C)[nH]1. The van der Waals surface area contributed by atoms with Gasteiger partial charge in [0.25, 0.3) is 5.91 Å². The molecule has 1 aliphatic carbocycles. The van der Waals surface area contributed by atoms with Crippen molar-refractivity contribution in [3.05, 3.63) is 65.9 Å². The monoisotopic (exact) mass is 424 g/mol. The summed E-state index contributed by atoms with van der Waals surface area (Å²) in [5, 5.41) is 6.66. The minimum atomic E-state index is -1.56. The van der Waals surface area contributed by atoms with E-state index in [4.69, 9.17) is 0 Å². The standard InChI is InChI=1S/C22H28N4O3Si/c1-26(14-15-8-6-5-7-9-15)22(29)25-20-16(10-12-18(20)27)24-21(28)17-11-13-19(23-17)30(2,3)4/h5-13,16,20,23H,14H2,1-4H3,(H,24,28)(H,25,29)/t16-,20+/m1/s1. The summed E-state index contributed by atoms with van der Waals surface area (Å²) in [7, 11) is 0.106. The second-order valence-electron chi connectivity index (χ2n) is 8.57. The molecule has 7 nitrogen and oxygen atoms in total. The van der Waals surface area contributed by atoms with Crippen molar-refractivity contribution in [2.75, 3.05) is 7.05 Å². The summed E-state index contributed by atoms with van der Waals surface area (Å²) < 4.78 is 0. The molecule has 2 atom stereocenters. The molecule has 158 valence electrons. The third-order valence-corrected chi connectivity index (χ3v) is 6.97. The van der Waals surface area contributed by atoms with Crippen LogP contribution in [0.15, 0.2) is 54.6 Å². The van der Waals surface area contributed by atoms with Gasteiger partial charge in [-0.25, -0.2) is 4.79 Å². The number of amides is 3. The lowest BCUT2D eigenvalue weighted by Crippen LogP contribution is -2.54. The summed E-state index contributed by atoms with van der Waals surface area (Å²) in [4.78, 5) is 42.2. The van der Waals surface area contributed by atoms with Crippen LogP contribution in [0, 0.1) is 0 Å². The first-order valence-corrected chi connectivity index (χ1v) is 13.4. The molecule has 0 unspecified atom stereocenters. The highest BCUT2D eigenvalue weighted by Crippen LogP contribution is 2.11. The fourth-order valence-corrected chi connectivity index (χ4v) is 4.34. The number of benzene rings is 1. The van der Waals surface area contributed by atoms with Gasteiger partial charge in [0.1, 0.15) is 11.7 Å². The van der Waals surface area contributed by atoms with Gasteiger partial charge in [0.05, 0.1) is 14.1 Å². The van der Waals surface area contributed by atoms with E-state index in [1.807, 2.05) is 36.4 Å². The number of aromatic nitrogens is 1. The van der Waals surface area contributed by atoms with Crippen LogP contribution in [0.5, 0.6) is 0 Å². The van der Waals surface area contributed by atoms with E-state index in [0.717, 1.165) is 10.9 Å². The molecule has 8 heteroatoms. The number of nitrogens with zero attached hydrogens (tertiary/aromatic N) is 1. The number of ketones is 1. The van der Waals surface area contributed by atoms with Crippen molar-refractivity contribution < 1.29 is 14.4 Å². The molecule has 0 spiro atoms. The highest BCUT2D eigenvalue weighted by atomic mass is 28.3. The molecule has 0 bridgehead atoms. The van der Waals surface area contributed by atoms with Crippen LogP contribution < -0.4 is 16.0 Å². The van der Waals surface area contributed by atoms with Gasteiger partial charge >= 0.3 is 6.03 Å². The molecule has 0 fully saturated rings. The molecule has 2 aromatic rings. The summed E-state index contributed by atoms with van der Waals surface area (Å²) in [6, 6.07) is 11.5. The van der Waals surface area contributed by atoms with Crippen molar-refractivity contribution in [1.29, 1.82) is 0 Å². The predicted molar refractivity (Wildman–Crippen MR) is 119 cm³/mol. The zero-order valence-electron chi connectivity index (χ0n) is 17.7. The molecule has 1 aliphatic rings. The van der Waals surface area contributed by atoms with Crippen molar-refractivity contribution >= 4 is 31.1 Å². The van der Waals surface area contributed by atoms with Crippen LogP contribution in [0.4, 0.5) is 4.79 Å². The Hall–Kier alpha value is -3.13. The molecular formula is C22H28N4O3Si. The normalized spacial score (nSPS) is 18.3. The molecule has 0 saturated carbocycles. The van der Waals surface area contributed by atoms with E-state index < -0.39 is 20.2 Å². The van der Waals surface area contributed by atoms with Crippen LogP contribution in [0.1, 0.15) is 16.1 Å². The Kier molecular flexibility index (Phi) is 6.26. The summed E-state index contributed by atoms with van der Waals surface area (Å²) in [5.41, 5.74) is 1.44. The van der Waals surface area contributed by atoms with E-state index in [2.05, 4.69) is 35.3 Å². The minimum Gasteiger partial charge on any atom is -0.358 e. The number of hydrogen-bond donors (Lipinski definition) is 3. The molecule has 0 aliphatic heterocycles. The zero-order valence-corrected chi connectivity index (χ0v) is 18.7. The van der Waals surface area contributed by atoms with E-state index >= 15 is 0 Å². The van der Waals surface area contributed by atoms with Crippen molar-refractivity contribution in [2.24, 2.45) is 0 Å². The Balaban J connectivity index is 1.62. The van der Waals surface area contributed by atoms with Gasteiger partial charge in [-0.1, -0.05) is 56.0 Å². The Morgan fingerprint density at radius 1 is 1.07 bits per heavy atom. The summed E-state index contributed by atoms with van der Waals surface area (Å²) >= 11 is 0. The molecule has 3 rings (SSSR count). The number of nitrogens with one attached hydrogen (secondary N) is 3. The van der Waals surface area contributed by atoms with E-state index in [9.17, 15) is 14.4 Å². The summed E-state index contributed by atoms with van der Waals surface area (Å²) in [5.74, 6) is -0.545. The number of carbonyl (C=O) groups excluding carboxylic acids is 3. The van der Waals surface area contributed by atoms with E-state index in [0.29, 0.717) is 12.2 Å². The predicted octanol–water partition coefficient (Wildman–Crippen LogP) is 2.01. The topological polar surface area (TPSA) is 94.3 Å². The number of urea groups is 1. The van der Waals surface area contributed by atoms with Crippen LogP contribution in [0.25, 0.3) is 0 Å². The lowest BCUT2D eigenvalue weighted by atomic mass is 10.1. The van der Waals surface area contributed by atoms with Crippen molar-refractivity contribution in [2.45, 2.75) is 38.3 Å². The maximum Gasteiger partial charge on any atom is 0.318 e. The molecule has 1 aromatic carbocycles. The van der Waals surface area contributed by atoms with Crippen LogP contribution in [-0.4, -0.2) is 54.8 Å². The second-order valence-corrected chi connectivity index (χ2v) is 13.6. The second kappa shape index (κ2) is 8.70. The maximum atomic E-state index is 12.7. The van der Waals surface area contributed by atoms with Crippen molar-refractivity contribution in [3.63, 3.8) is 0 Å². The van der Waals surface area contributed by atoms with Gasteiger partial charge in [-0.05, 0) is 29.1 Å². The van der Waals surface area contributed by atoms with Gasteiger partial charge in [0.15, 0.2) is 5.78 Å². The van der Waals surface area contributed by atoms with Crippen LogP contribution >= 0.6 is 0 Å². The average molecular weight is 425 g/mol. The third-order valence-electron chi connectivity index (χ3n) is 5.06. The number of rotatable bonds is 6. The molecule has 30 heavy (non-hydrogen) atoms. The fourth-order valence-electron chi connectivity index (χ4n) is 3.25. The first-order valence-electron chi connectivity index (χ1n) is 9.93. The van der Waals surface area contributed by atoms with Gasteiger partial charge in [0.2, 0.25) is 0 Å². The molecule has 1 aromatic heterocycles. The lowest BCUT2D eigenvalue weighted by molar-refractivity contribution is -0.115. The van der Waals surface area contributed by atoms with Gasteiger partial charge in [0, 0.05) is 13.6 Å². The molecule has 3 amide bonds. The highest BCUT2D eigenvalue weighted by Gasteiger charge is 2.34. The Morgan fingerprint density at radius 2 is 1.77 bits per heavy atom. The number of H-pyrrole nitrogens is 1. The quantitative estimate of drug-likeness (QED) is 0.619. The van der Waals surface area contributed by atoms with Crippen LogP contribution in [0.3, 0.4) is 0 Å². The Morgan fingerprint density at radius 3 is 2.40 bits per heavy atom. The smallest absolute Gasteiger partial charge is 0.318 e. The Bertz CT molecular complexity index is 962. The summed E-state index contributed by atoms with van der Waals surface area (Å²) in [6.45, 7) is 6.99. The fraction of sp³-hybridized carbons (Fsp3) is 0.318. The first-order chi connectivity index (χ1) is 14.1. The van der Waals surface area contributed by atoms with Crippen LogP contribution in [-0.2, 0) is 11.3 Å². The van der Waals surface area contributed by atoms with E-state index in [1.54, 1.807) is 19.2 Å². The Labute approximate surface area is 177 Å². The maximum absolute atomic E-state index is 12.7. The van der Waals surface area contributed by atoms with E-state index in [-0.39, 0.29) is 17.7 Å². The van der Waals surface area contributed by atoms with Gasteiger partial charge < -0.3 is 20.5 Å². The van der Waals surface area contributed by atoms with Gasteiger partial charge in [-0.2, -0.15) is 0 Å². The highest BCUT2D eigenvalue weighted by molar-refractivity contribution is 6.88. The zero-order chi connectivity index (χ0) is 21.9. The molecule has 0 saturated heterocycles. The number of aromatic amines is 1. The van der Waals surface area contributed by atoms with Crippen LogP contribution in [0.2, 0.25) is 19.6 Å². The lowest BCUT2D eigenvalue weighted by Gasteiger charge is -2.24. The first kappa shape index (κ1) is 21.6. The summed E-state index contributed by atoms with van der Waals surface area (Å²) in [6.07, 6.45) is 3.01. The molecule has 1 heterocycles. The van der Waals surface area contributed by atoms with Gasteiger partial charge in [-0.3, -0.25) is 9.59 Å². The molecule has 3 N–H and O–H groups in total. The average Bonchev–Trinajstić information content (AvgIpc) is 3.31. The molecular weight excluding hydrogens is 396 g/mol. The van der Waals surface area contributed by atoms with Gasteiger partial charge in [-0.15, -0.1) is 0 Å². The van der Waals surface area contributed by atoms with Crippen molar-refractivity contribution in [1.82, 2.24) is 20.5 Å². The largest absolute Gasteiger partial charge is 0.358 e. The van der Waals surface area contributed by atoms with Crippen molar-refractivity contribution in [3.8, 4) is 0 Å². The molecule has 0 radical (unpaired) electrons. The number of carbonyl (C=O) groups is 3. The van der Waals surface area contributed by atoms with E-state index in [1.165, 1.54) is 11.0 Å². The number of hydrogen-bond acceptors (Lipinski definition) is 3. The minimum absolute atomic E-state index is 0.240. The third kappa shape index (κ3) is 5.07.